The van der Waals surface area contributed by atoms with E-state index >= 15 is 0 Å². The number of hydrogen-bond donors (Lipinski definition) is 2. The monoisotopic (exact) mass is 335 g/mol. The lowest BCUT2D eigenvalue weighted by Crippen LogP contribution is -2.37. The van der Waals surface area contributed by atoms with Crippen LogP contribution in [0.1, 0.15) is 19.8 Å². The number of hydrogen-bond acceptors (Lipinski definition) is 7. The van der Waals surface area contributed by atoms with Gasteiger partial charge < -0.3 is 25.4 Å². The van der Waals surface area contributed by atoms with E-state index in [1.807, 2.05) is 11.0 Å². The topological polar surface area (TPSA) is 105 Å². The standard InChI is InChI=1S/C16H25N5O3/c1-2-3-11-9-21(10-12(11)15(22)23)14-8-13(18-16(17)19-14)20-4-6-24-7-5-20/h8,11-12H,2-7,9-10H2,1H3,(H,22,23)(H2,17,18,19)/t11-,12-/m1/s1. The molecule has 0 unspecified atom stereocenters. The molecule has 3 N–H and O–H groups in total. The Kier molecular flexibility index (Phi) is 5.03. The molecule has 0 bridgehead atoms. The number of nitrogens with zero attached hydrogens (tertiary/aromatic N) is 4. The van der Waals surface area contributed by atoms with Crippen molar-refractivity contribution < 1.29 is 14.6 Å². The predicted molar refractivity (Wildman–Crippen MR) is 91.2 cm³/mol. The second-order valence-electron chi connectivity index (χ2n) is 6.44. The fourth-order valence-electron chi connectivity index (χ4n) is 3.56. The van der Waals surface area contributed by atoms with Gasteiger partial charge in [-0.3, -0.25) is 4.79 Å². The average molecular weight is 335 g/mol. The Morgan fingerprint density at radius 1 is 1.29 bits per heavy atom. The van der Waals surface area contributed by atoms with E-state index < -0.39 is 5.97 Å². The highest BCUT2D eigenvalue weighted by atomic mass is 16.5. The van der Waals surface area contributed by atoms with E-state index in [4.69, 9.17) is 10.5 Å². The molecule has 2 fully saturated rings. The highest BCUT2D eigenvalue weighted by molar-refractivity contribution is 5.72. The van der Waals surface area contributed by atoms with E-state index in [1.165, 1.54) is 0 Å². The van der Waals surface area contributed by atoms with E-state index in [1.54, 1.807) is 0 Å². The minimum absolute atomic E-state index is 0.149. The van der Waals surface area contributed by atoms with Gasteiger partial charge in [0.25, 0.3) is 0 Å². The fourth-order valence-corrected chi connectivity index (χ4v) is 3.56. The zero-order valence-corrected chi connectivity index (χ0v) is 14.0. The number of aromatic nitrogens is 2. The van der Waals surface area contributed by atoms with Gasteiger partial charge in [0, 0.05) is 32.2 Å². The summed E-state index contributed by atoms with van der Waals surface area (Å²) in [5.74, 6) is 0.787. The summed E-state index contributed by atoms with van der Waals surface area (Å²) < 4.78 is 5.37. The smallest absolute Gasteiger partial charge is 0.308 e. The Bertz CT molecular complexity index is 591. The highest BCUT2D eigenvalue weighted by Gasteiger charge is 2.37. The lowest BCUT2D eigenvalue weighted by molar-refractivity contribution is -0.142. The van der Waals surface area contributed by atoms with Gasteiger partial charge in [-0.05, 0) is 12.3 Å². The van der Waals surface area contributed by atoms with Crippen LogP contribution in [0.25, 0.3) is 0 Å². The molecular weight excluding hydrogens is 310 g/mol. The first-order valence-electron chi connectivity index (χ1n) is 8.53. The van der Waals surface area contributed by atoms with Gasteiger partial charge in [0.2, 0.25) is 5.95 Å². The number of carboxylic acid groups (broad SMARTS) is 1. The van der Waals surface area contributed by atoms with Crippen LogP contribution in [0, 0.1) is 11.8 Å². The van der Waals surface area contributed by atoms with Crippen LogP contribution < -0.4 is 15.5 Å². The third-order valence-electron chi connectivity index (χ3n) is 4.79. The molecule has 2 aliphatic heterocycles. The maximum Gasteiger partial charge on any atom is 0.308 e. The van der Waals surface area contributed by atoms with Gasteiger partial charge in [-0.15, -0.1) is 0 Å². The Hall–Kier alpha value is -2.09. The second-order valence-corrected chi connectivity index (χ2v) is 6.44. The van der Waals surface area contributed by atoms with Crippen molar-refractivity contribution in [3.8, 4) is 0 Å². The van der Waals surface area contributed by atoms with Crippen molar-refractivity contribution in [3.05, 3.63) is 6.07 Å². The van der Waals surface area contributed by atoms with Crippen molar-refractivity contribution in [2.24, 2.45) is 11.8 Å². The van der Waals surface area contributed by atoms with E-state index in [2.05, 4.69) is 21.8 Å². The molecule has 2 aliphatic rings. The second kappa shape index (κ2) is 7.21. The number of anilines is 3. The zero-order valence-electron chi connectivity index (χ0n) is 14.0. The van der Waals surface area contributed by atoms with Crippen LogP contribution in [0.4, 0.5) is 17.6 Å². The molecule has 3 heterocycles. The summed E-state index contributed by atoms with van der Waals surface area (Å²) in [5, 5.41) is 9.48. The number of nitrogen functional groups attached to an aromatic ring is 1. The molecule has 0 aromatic carbocycles. The summed E-state index contributed by atoms with van der Waals surface area (Å²) in [7, 11) is 0. The number of rotatable bonds is 5. The molecule has 1 aromatic heterocycles. The van der Waals surface area contributed by atoms with Gasteiger partial charge in [0.1, 0.15) is 11.6 Å². The fraction of sp³-hybridized carbons (Fsp3) is 0.688. The molecular formula is C16H25N5O3. The van der Waals surface area contributed by atoms with Crippen LogP contribution in [0.2, 0.25) is 0 Å². The third kappa shape index (κ3) is 3.53. The maximum absolute atomic E-state index is 11.5. The zero-order chi connectivity index (χ0) is 17.1. The largest absolute Gasteiger partial charge is 0.481 e. The van der Waals surface area contributed by atoms with Gasteiger partial charge in [-0.1, -0.05) is 13.3 Å². The van der Waals surface area contributed by atoms with Crippen LogP contribution in [0.15, 0.2) is 6.07 Å². The van der Waals surface area contributed by atoms with Crippen LogP contribution in [-0.4, -0.2) is 60.4 Å². The first kappa shape index (κ1) is 16.8. The van der Waals surface area contributed by atoms with Crippen molar-refractivity contribution in [1.82, 2.24) is 9.97 Å². The first-order chi connectivity index (χ1) is 11.6. The Balaban J connectivity index is 1.81. The molecule has 24 heavy (non-hydrogen) atoms. The molecule has 0 spiro atoms. The molecule has 2 atom stereocenters. The molecule has 8 nitrogen and oxygen atoms in total. The molecule has 2 saturated heterocycles. The van der Waals surface area contributed by atoms with Crippen LogP contribution >= 0.6 is 0 Å². The van der Waals surface area contributed by atoms with Crippen molar-refractivity contribution in [2.45, 2.75) is 19.8 Å². The molecule has 0 saturated carbocycles. The SMILES string of the molecule is CCC[C@@H]1CN(c2cc(N3CCOCC3)nc(N)n2)C[C@H]1C(=O)O. The van der Waals surface area contributed by atoms with Crippen molar-refractivity contribution in [1.29, 1.82) is 0 Å². The molecule has 8 heteroatoms. The number of carboxylic acids is 1. The van der Waals surface area contributed by atoms with Crippen LogP contribution in [0.5, 0.6) is 0 Å². The lowest BCUT2D eigenvalue weighted by Gasteiger charge is -2.28. The van der Waals surface area contributed by atoms with E-state index in [0.29, 0.717) is 32.1 Å². The van der Waals surface area contributed by atoms with E-state index in [0.717, 1.165) is 31.7 Å². The van der Waals surface area contributed by atoms with Gasteiger partial charge in [0.15, 0.2) is 0 Å². The summed E-state index contributed by atoms with van der Waals surface area (Å²) in [6.45, 7) is 6.13. The average Bonchev–Trinajstić information content (AvgIpc) is 3.00. The van der Waals surface area contributed by atoms with Gasteiger partial charge in [-0.25, -0.2) is 0 Å². The van der Waals surface area contributed by atoms with Crippen molar-refractivity contribution >= 4 is 23.6 Å². The summed E-state index contributed by atoms with van der Waals surface area (Å²) in [4.78, 5) is 24.4. The number of carbonyl (C=O) groups is 1. The minimum atomic E-state index is -0.730. The Morgan fingerprint density at radius 3 is 2.58 bits per heavy atom. The highest BCUT2D eigenvalue weighted by Crippen LogP contribution is 2.32. The molecule has 1 aromatic rings. The molecule has 132 valence electrons. The molecule has 0 aliphatic carbocycles. The molecule has 3 rings (SSSR count). The lowest BCUT2D eigenvalue weighted by atomic mass is 9.92. The van der Waals surface area contributed by atoms with Crippen molar-refractivity contribution in [2.75, 3.05) is 54.9 Å². The summed E-state index contributed by atoms with van der Waals surface area (Å²) in [5.41, 5.74) is 5.90. The van der Waals surface area contributed by atoms with Crippen LogP contribution in [0.3, 0.4) is 0 Å². The van der Waals surface area contributed by atoms with Gasteiger partial charge in [-0.2, -0.15) is 9.97 Å². The Morgan fingerprint density at radius 2 is 1.96 bits per heavy atom. The summed E-state index contributed by atoms with van der Waals surface area (Å²) in [6.07, 6.45) is 1.89. The summed E-state index contributed by atoms with van der Waals surface area (Å²) in [6, 6.07) is 1.91. The number of nitrogens with two attached hydrogens (primary N) is 1. The van der Waals surface area contributed by atoms with Gasteiger partial charge in [0.05, 0.1) is 19.1 Å². The maximum atomic E-state index is 11.5. The number of ether oxygens (including phenoxy) is 1. The first-order valence-corrected chi connectivity index (χ1v) is 8.53. The third-order valence-corrected chi connectivity index (χ3v) is 4.79. The Labute approximate surface area is 141 Å². The molecule has 0 radical (unpaired) electrons. The van der Waals surface area contributed by atoms with E-state index in [9.17, 15) is 9.90 Å². The van der Waals surface area contributed by atoms with Crippen molar-refractivity contribution in [3.63, 3.8) is 0 Å². The van der Waals surface area contributed by atoms with Gasteiger partial charge >= 0.3 is 5.97 Å². The minimum Gasteiger partial charge on any atom is -0.481 e. The quantitative estimate of drug-likeness (QED) is 0.815. The van der Waals surface area contributed by atoms with E-state index in [-0.39, 0.29) is 17.8 Å². The predicted octanol–water partition coefficient (Wildman–Crippen LogP) is 0.833. The summed E-state index contributed by atoms with van der Waals surface area (Å²) >= 11 is 0. The normalized spacial score (nSPS) is 24.4. The molecule has 0 amide bonds. The van der Waals surface area contributed by atoms with Crippen LogP contribution in [-0.2, 0) is 9.53 Å². The number of aliphatic carboxylic acids is 1. The number of morpholine rings is 1.